The van der Waals surface area contributed by atoms with E-state index in [0.29, 0.717) is 22.5 Å². The van der Waals surface area contributed by atoms with Gasteiger partial charge in [0.2, 0.25) is 5.75 Å². The molecule has 164 valence electrons. The Labute approximate surface area is 187 Å². The van der Waals surface area contributed by atoms with Crippen molar-refractivity contribution in [1.29, 1.82) is 0 Å². The standard InChI is InChI=1S/C22H29NO5S2/c1-23(2)15-8-14(11-16(24-3)20(15)27-6)22-29-12-19(30-22)13-9-17(25-4)21(28-7)18(10-13)26-5/h8-11,19,22H,12H2,1-7H3/t19-,22+/m1/s1. The van der Waals surface area contributed by atoms with E-state index in [0.717, 1.165) is 28.5 Å². The van der Waals surface area contributed by atoms with Crippen molar-refractivity contribution >= 4 is 29.2 Å². The van der Waals surface area contributed by atoms with E-state index in [1.54, 1.807) is 35.5 Å². The van der Waals surface area contributed by atoms with E-state index >= 15 is 0 Å². The van der Waals surface area contributed by atoms with E-state index in [9.17, 15) is 0 Å². The first-order valence-corrected chi connectivity index (χ1v) is 11.5. The van der Waals surface area contributed by atoms with Crippen molar-refractivity contribution in [2.24, 2.45) is 0 Å². The van der Waals surface area contributed by atoms with Gasteiger partial charge < -0.3 is 28.6 Å². The lowest BCUT2D eigenvalue weighted by atomic mass is 10.1. The van der Waals surface area contributed by atoms with Gasteiger partial charge in [-0.25, -0.2) is 0 Å². The average Bonchev–Trinajstić information content (AvgIpc) is 3.27. The monoisotopic (exact) mass is 451 g/mol. The highest BCUT2D eigenvalue weighted by Crippen LogP contribution is 2.58. The Hall–Kier alpha value is -2.06. The van der Waals surface area contributed by atoms with Gasteiger partial charge in [-0.1, -0.05) is 0 Å². The van der Waals surface area contributed by atoms with Gasteiger partial charge in [0.15, 0.2) is 23.0 Å². The number of hydrogen-bond acceptors (Lipinski definition) is 8. The molecule has 2 atom stereocenters. The third kappa shape index (κ3) is 4.34. The van der Waals surface area contributed by atoms with Crippen LogP contribution in [-0.4, -0.2) is 55.4 Å². The van der Waals surface area contributed by atoms with Crippen molar-refractivity contribution in [3.8, 4) is 28.7 Å². The number of thioether (sulfide) groups is 2. The molecule has 1 aliphatic rings. The number of nitrogens with zero attached hydrogens (tertiary/aromatic N) is 1. The number of hydrogen-bond donors (Lipinski definition) is 0. The van der Waals surface area contributed by atoms with Crippen LogP contribution in [0.1, 0.15) is 21.0 Å². The highest BCUT2D eigenvalue weighted by molar-refractivity contribution is 8.19. The van der Waals surface area contributed by atoms with Crippen LogP contribution < -0.4 is 28.6 Å². The molecule has 1 fully saturated rings. The first kappa shape index (κ1) is 22.6. The Kier molecular flexibility index (Phi) is 7.41. The van der Waals surface area contributed by atoms with Gasteiger partial charge in [0, 0.05) is 25.1 Å². The Morgan fingerprint density at radius 3 is 1.77 bits per heavy atom. The molecule has 30 heavy (non-hydrogen) atoms. The van der Waals surface area contributed by atoms with Crippen LogP contribution >= 0.6 is 23.5 Å². The number of benzene rings is 2. The summed E-state index contributed by atoms with van der Waals surface area (Å²) < 4.78 is 28.0. The van der Waals surface area contributed by atoms with E-state index in [4.69, 9.17) is 23.7 Å². The summed E-state index contributed by atoms with van der Waals surface area (Å²) in [6.45, 7) is 0. The third-order valence-electron chi connectivity index (χ3n) is 4.98. The minimum Gasteiger partial charge on any atom is -0.493 e. The molecule has 1 heterocycles. The van der Waals surface area contributed by atoms with Crippen molar-refractivity contribution in [3.05, 3.63) is 35.4 Å². The van der Waals surface area contributed by atoms with Crippen LogP contribution in [0.4, 0.5) is 5.69 Å². The molecular formula is C22H29NO5S2. The summed E-state index contributed by atoms with van der Waals surface area (Å²) in [5, 5.41) is 0.310. The highest BCUT2D eigenvalue weighted by Gasteiger charge is 2.31. The molecule has 0 amide bonds. The second-order valence-electron chi connectivity index (χ2n) is 6.92. The van der Waals surface area contributed by atoms with E-state index in [-0.39, 0.29) is 4.58 Å². The molecule has 0 unspecified atom stereocenters. The fourth-order valence-electron chi connectivity index (χ4n) is 3.47. The summed E-state index contributed by atoms with van der Waals surface area (Å²) in [7, 11) is 12.3. The highest BCUT2D eigenvalue weighted by atomic mass is 32.2. The Morgan fingerprint density at radius 2 is 1.27 bits per heavy atom. The first-order valence-electron chi connectivity index (χ1n) is 9.47. The second kappa shape index (κ2) is 9.83. The molecule has 6 nitrogen and oxygen atoms in total. The summed E-state index contributed by atoms with van der Waals surface area (Å²) in [5.41, 5.74) is 3.38. The van der Waals surface area contributed by atoms with Crippen LogP contribution in [0.15, 0.2) is 24.3 Å². The van der Waals surface area contributed by atoms with Gasteiger partial charge in [-0.05, 0) is 35.4 Å². The van der Waals surface area contributed by atoms with Crippen molar-refractivity contribution in [3.63, 3.8) is 0 Å². The lowest BCUT2D eigenvalue weighted by Crippen LogP contribution is -2.11. The van der Waals surface area contributed by atoms with Crippen molar-refractivity contribution in [1.82, 2.24) is 0 Å². The van der Waals surface area contributed by atoms with Gasteiger partial charge in [0.1, 0.15) is 0 Å². The van der Waals surface area contributed by atoms with Crippen LogP contribution in [-0.2, 0) is 0 Å². The van der Waals surface area contributed by atoms with Gasteiger partial charge in [-0.3, -0.25) is 0 Å². The number of rotatable bonds is 8. The minimum absolute atomic E-state index is 0.285. The zero-order chi connectivity index (χ0) is 21.8. The predicted octanol–water partition coefficient (Wildman–Crippen LogP) is 5.02. The molecule has 0 radical (unpaired) electrons. The zero-order valence-electron chi connectivity index (χ0n) is 18.5. The number of methoxy groups -OCH3 is 5. The van der Waals surface area contributed by atoms with Gasteiger partial charge in [-0.15, -0.1) is 23.5 Å². The van der Waals surface area contributed by atoms with E-state index in [1.807, 2.05) is 54.7 Å². The lowest BCUT2D eigenvalue weighted by Gasteiger charge is -2.22. The third-order valence-corrected chi connectivity index (χ3v) is 8.32. The Bertz CT molecular complexity index is 865. The Balaban J connectivity index is 1.91. The van der Waals surface area contributed by atoms with Crippen LogP contribution in [0.5, 0.6) is 28.7 Å². The van der Waals surface area contributed by atoms with E-state index in [1.165, 1.54) is 5.56 Å². The maximum atomic E-state index is 5.61. The maximum absolute atomic E-state index is 5.61. The zero-order valence-corrected chi connectivity index (χ0v) is 20.1. The summed E-state index contributed by atoms with van der Waals surface area (Å²) in [6, 6.07) is 8.35. The quantitative estimate of drug-likeness (QED) is 0.555. The lowest BCUT2D eigenvalue weighted by molar-refractivity contribution is 0.324. The Morgan fingerprint density at radius 1 is 0.733 bits per heavy atom. The fraction of sp³-hybridized carbons (Fsp3) is 0.455. The summed E-state index contributed by atoms with van der Waals surface area (Å²) >= 11 is 3.84. The predicted molar refractivity (Wildman–Crippen MR) is 126 cm³/mol. The number of anilines is 1. The molecule has 0 N–H and O–H groups in total. The van der Waals surface area contributed by atoms with Crippen LogP contribution in [0.25, 0.3) is 0 Å². The van der Waals surface area contributed by atoms with Gasteiger partial charge >= 0.3 is 0 Å². The van der Waals surface area contributed by atoms with Crippen molar-refractivity contribution in [2.75, 3.05) is 60.3 Å². The molecule has 1 aliphatic heterocycles. The van der Waals surface area contributed by atoms with E-state index < -0.39 is 0 Å². The minimum atomic E-state index is 0.285. The molecule has 8 heteroatoms. The van der Waals surface area contributed by atoms with E-state index in [2.05, 4.69) is 12.1 Å². The fourth-order valence-corrected chi connectivity index (χ4v) is 6.73. The van der Waals surface area contributed by atoms with Gasteiger partial charge in [0.25, 0.3) is 0 Å². The largest absolute Gasteiger partial charge is 0.493 e. The first-order chi connectivity index (χ1) is 14.5. The van der Waals surface area contributed by atoms with Gasteiger partial charge in [-0.2, -0.15) is 0 Å². The molecule has 0 bridgehead atoms. The summed E-state index contributed by atoms with van der Waals surface area (Å²) in [4.78, 5) is 2.05. The van der Waals surface area contributed by atoms with Crippen LogP contribution in [0.3, 0.4) is 0 Å². The van der Waals surface area contributed by atoms with Crippen molar-refractivity contribution < 1.29 is 23.7 Å². The SMILES string of the molecule is COc1cc([C@H]2CS[C@H](c3cc(OC)c(OC)c(N(C)C)c3)S2)cc(OC)c1OC. The molecule has 3 rings (SSSR count). The average molecular weight is 452 g/mol. The second-order valence-corrected chi connectivity index (χ2v) is 9.67. The molecule has 1 saturated heterocycles. The number of ether oxygens (including phenoxy) is 5. The summed E-state index contributed by atoms with van der Waals surface area (Å²) in [5.74, 6) is 4.46. The van der Waals surface area contributed by atoms with Gasteiger partial charge in [0.05, 0.1) is 45.8 Å². The normalized spacial score (nSPS) is 18.1. The smallest absolute Gasteiger partial charge is 0.203 e. The molecule has 0 spiro atoms. The maximum Gasteiger partial charge on any atom is 0.203 e. The van der Waals surface area contributed by atoms with Crippen LogP contribution in [0.2, 0.25) is 0 Å². The molecule has 0 aromatic heterocycles. The topological polar surface area (TPSA) is 49.4 Å². The summed E-state index contributed by atoms with van der Waals surface area (Å²) in [6.07, 6.45) is 0. The molecule has 0 aliphatic carbocycles. The molecule has 2 aromatic rings. The molecule has 0 saturated carbocycles. The molecule has 2 aromatic carbocycles. The van der Waals surface area contributed by atoms with Crippen LogP contribution in [0, 0.1) is 0 Å². The van der Waals surface area contributed by atoms with Crippen molar-refractivity contribution in [2.45, 2.75) is 9.83 Å². The molecular weight excluding hydrogens is 422 g/mol.